The Morgan fingerprint density at radius 2 is 1.85 bits per heavy atom. The van der Waals surface area contributed by atoms with Crippen LogP contribution < -0.4 is 14.8 Å². The zero-order valence-electron chi connectivity index (χ0n) is 19.7. The van der Waals surface area contributed by atoms with Gasteiger partial charge < -0.3 is 24.5 Å². The quantitative estimate of drug-likeness (QED) is 0.510. The zero-order valence-corrected chi connectivity index (χ0v) is 19.7. The second-order valence-electron chi connectivity index (χ2n) is 8.15. The van der Waals surface area contributed by atoms with E-state index in [0.717, 1.165) is 17.5 Å². The third-order valence-electron chi connectivity index (χ3n) is 6.16. The van der Waals surface area contributed by atoms with Crippen molar-refractivity contribution in [1.82, 2.24) is 9.88 Å². The number of carbonyl (C=O) groups is 2. The maximum absolute atomic E-state index is 13.9. The SMILES string of the molecule is CCOC(=O)c1[nH]c2ccc(F)cc2c1NC(=O)[C@@H](C)N1CCc2cc(OC)c(OC)cc2C1. The number of amides is 1. The summed E-state index contributed by atoms with van der Waals surface area (Å²) >= 11 is 0. The highest BCUT2D eigenvalue weighted by Crippen LogP contribution is 2.34. The van der Waals surface area contributed by atoms with Crippen LogP contribution in [0, 0.1) is 5.82 Å². The molecular formula is C25H28FN3O5. The molecule has 3 aromatic rings. The Bertz CT molecular complexity index is 1240. The van der Waals surface area contributed by atoms with Crippen LogP contribution in [0.3, 0.4) is 0 Å². The standard InChI is InChI=1S/C25H28FN3O5/c1-5-34-25(31)23-22(18-12-17(26)6-7-19(18)27-23)28-24(30)14(2)29-9-8-15-10-20(32-3)21(33-4)11-16(15)13-29/h6-7,10-12,14,27H,5,8-9,13H2,1-4H3,(H,28,30)/t14-/m1/s1. The van der Waals surface area contributed by atoms with Gasteiger partial charge in [-0.05, 0) is 61.7 Å². The summed E-state index contributed by atoms with van der Waals surface area (Å²) in [4.78, 5) is 30.7. The highest BCUT2D eigenvalue weighted by atomic mass is 19.1. The number of hydrogen-bond donors (Lipinski definition) is 2. The third-order valence-corrected chi connectivity index (χ3v) is 6.16. The first-order valence-corrected chi connectivity index (χ1v) is 11.1. The van der Waals surface area contributed by atoms with E-state index in [9.17, 15) is 14.0 Å². The second kappa shape index (κ2) is 9.72. The summed E-state index contributed by atoms with van der Waals surface area (Å²) in [6.45, 7) is 4.90. The molecule has 1 amide bonds. The van der Waals surface area contributed by atoms with E-state index in [4.69, 9.17) is 14.2 Å². The molecule has 1 aliphatic rings. The molecule has 1 aromatic heterocycles. The lowest BCUT2D eigenvalue weighted by atomic mass is 9.97. The van der Waals surface area contributed by atoms with E-state index < -0.39 is 17.8 Å². The number of carbonyl (C=O) groups excluding carboxylic acids is 2. The van der Waals surface area contributed by atoms with Crippen LogP contribution in [0.5, 0.6) is 11.5 Å². The van der Waals surface area contributed by atoms with Crippen molar-refractivity contribution in [2.24, 2.45) is 0 Å². The van der Waals surface area contributed by atoms with E-state index in [0.29, 0.717) is 35.5 Å². The molecule has 0 fully saturated rings. The monoisotopic (exact) mass is 469 g/mol. The van der Waals surface area contributed by atoms with Crippen molar-refractivity contribution in [3.8, 4) is 11.5 Å². The van der Waals surface area contributed by atoms with Crippen LogP contribution in [-0.4, -0.2) is 55.2 Å². The minimum atomic E-state index is -0.616. The van der Waals surface area contributed by atoms with E-state index in [1.807, 2.05) is 17.0 Å². The molecule has 9 heteroatoms. The van der Waals surface area contributed by atoms with Crippen LogP contribution in [0.25, 0.3) is 10.9 Å². The van der Waals surface area contributed by atoms with Gasteiger partial charge in [0, 0.05) is 24.0 Å². The van der Waals surface area contributed by atoms with Crippen molar-refractivity contribution < 1.29 is 28.2 Å². The largest absolute Gasteiger partial charge is 0.493 e. The Hall–Kier alpha value is -3.59. The van der Waals surface area contributed by atoms with Crippen molar-refractivity contribution >= 4 is 28.5 Å². The van der Waals surface area contributed by atoms with Crippen LogP contribution in [-0.2, 0) is 22.5 Å². The molecule has 1 aliphatic heterocycles. The van der Waals surface area contributed by atoms with Crippen molar-refractivity contribution in [1.29, 1.82) is 0 Å². The van der Waals surface area contributed by atoms with E-state index in [2.05, 4.69) is 10.3 Å². The second-order valence-corrected chi connectivity index (χ2v) is 8.15. The summed E-state index contributed by atoms with van der Waals surface area (Å²) in [5.41, 5.74) is 3.04. The average Bonchev–Trinajstić information content (AvgIpc) is 3.19. The van der Waals surface area contributed by atoms with Gasteiger partial charge >= 0.3 is 5.97 Å². The van der Waals surface area contributed by atoms with Crippen molar-refractivity contribution in [3.63, 3.8) is 0 Å². The molecule has 0 spiro atoms. The number of methoxy groups -OCH3 is 2. The number of ether oxygens (including phenoxy) is 3. The predicted octanol–water partition coefficient (Wildman–Crippen LogP) is 3.89. The smallest absolute Gasteiger partial charge is 0.356 e. The molecular weight excluding hydrogens is 441 g/mol. The summed E-state index contributed by atoms with van der Waals surface area (Å²) in [6, 6.07) is 7.50. The molecule has 2 heterocycles. The van der Waals surface area contributed by atoms with Gasteiger partial charge in [-0.1, -0.05) is 0 Å². The highest BCUT2D eigenvalue weighted by Gasteiger charge is 2.29. The van der Waals surface area contributed by atoms with Gasteiger partial charge in [0.25, 0.3) is 0 Å². The number of hydrogen-bond acceptors (Lipinski definition) is 6. The van der Waals surface area contributed by atoms with Crippen LogP contribution in [0.15, 0.2) is 30.3 Å². The van der Waals surface area contributed by atoms with E-state index in [1.54, 1.807) is 28.1 Å². The number of aromatic nitrogens is 1. The number of aromatic amines is 1. The Labute approximate surface area is 197 Å². The predicted molar refractivity (Wildman–Crippen MR) is 126 cm³/mol. The average molecular weight is 470 g/mol. The Balaban J connectivity index is 1.58. The number of rotatable bonds is 7. The van der Waals surface area contributed by atoms with Gasteiger partial charge in [-0.25, -0.2) is 9.18 Å². The zero-order chi connectivity index (χ0) is 24.4. The van der Waals surface area contributed by atoms with Crippen molar-refractivity contribution in [2.75, 3.05) is 32.7 Å². The molecule has 0 saturated heterocycles. The molecule has 2 N–H and O–H groups in total. The molecule has 0 aliphatic carbocycles. The normalized spacial score (nSPS) is 14.4. The van der Waals surface area contributed by atoms with E-state index in [-0.39, 0.29) is 23.9 Å². The van der Waals surface area contributed by atoms with Gasteiger partial charge in [-0.15, -0.1) is 0 Å². The fourth-order valence-corrected chi connectivity index (χ4v) is 4.28. The van der Waals surface area contributed by atoms with Crippen LogP contribution >= 0.6 is 0 Å². The van der Waals surface area contributed by atoms with Gasteiger partial charge in [0.1, 0.15) is 11.5 Å². The summed E-state index contributed by atoms with van der Waals surface area (Å²) < 4.78 is 29.9. The minimum Gasteiger partial charge on any atom is -0.493 e. The first-order valence-electron chi connectivity index (χ1n) is 11.1. The summed E-state index contributed by atoms with van der Waals surface area (Å²) in [6.07, 6.45) is 0.750. The number of nitrogens with one attached hydrogen (secondary N) is 2. The minimum absolute atomic E-state index is 0.0869. The number of fused-ring (bicyclic) bond motifs is 2. The maximum atomic E-state index is 13.9. The lowest BCUT2D eigenvalue weighted by Crippen LogP contribution is -2.44. The van der Waals surface area contributed by atoms with Crippen LogP contribution in [0.4, 0.5) is 10.1 Å². The molecule has 0 radical (unpaired) electrons. The summed E-state index contributed by atoms with van der Waals surface area (Å²) in [5.74, 6) is -0.0734. The first kappa shape index (κ1) is 23.6. The molecule has 8 nitrogen and oxygen atoms in total. The highest BCUT2D eigenvalue weighted by molar-refractivity contribution is 6.11. The topological polar surface area (TPSA) is 92.9 Å². The fraction of sp³-hybridized carbons (Fsp3) is 0.360. The number of esters is 1. The number of nitrogens with zero attached hydrogens (tertiary/aromatic N) is 1. The molecule has 180 valence electrons. The first-order chi connectivity index (χ1) is 16.4. The maximum Gasteiger partial charge on any atom is 0.356 e. The van der Waals surface area contributed by atoms with Crippen molar-refractivity contribution in [3.05, 3.63) is 53.0 Å². The number of anilines is 1. The molecule has 2 aromatic carbocycles. The number of H-pyrrole nitrogens is 1. The van der Waals surface area contributed by atoms with Gasteiger partial charge in [0.05, 0.1) is 32.6 Å². The van der Waals surface area contributed by atoms with Crippen LogP contribution in [0.2, 0.25) is 0 Å². The molecule has 0 bridgehead atoms. The Kier molecular flexibility index (Phi) is 6.74. The number of benzene rings is 2. The summed E-state index contributed by atoms with van der Waals surface area (Å²) in [7, 11) is 3.19. The van der Waals surface area contributed by atoms with Gasteiger partial charge in [-0.3, -0.25) is 9.69 Å². The molecule has 34 heavy (non-hydrogen) atoms. The number of halogens is 1. The molecule has 0 saturated carbocycles. The van der Waals surface area contributed by atoms with Gasteiger partial charge in [-0.2, -0.15) is 0 Å². The summed E-state index contributed by atoms with van der Waals surface area (Å²) in [5, 5.41) is 3.24. The van der Waals surface area contributed by atoms with Crippen LogP contribution in [0.1, 0.15) is 35.5 Å². The molecule has 1 atom stereocenters. The Morgan fingerprint density at radius 3 is 2.53 bits per heavy atom. The lowest BCUT2D eigenvalue weighted by Gasteiger charge is -2.33. The molecule has 4 rings (SSSR count). The van der Waals surface area contributed by atoms with Gasteiger partial charge in [0.2, 0.25) is 5.91 Å². The molecule has 0 unspecified atom stereocenters. The fourth-order valence-electron chi connectivity index (χ4n) is 4.28. The van der Waals surface area contributed by atoms with E-state index in [1.165, 1.54) is 18.2 Å². The van der Waals surface area contributed by atoms with Gasteiger partial charge in [0.15, 0.2) is 11.5 Å². The third kappa shape index (κ3) is 4.43. The lowest BCUT2D eigenvalue weighted by molar-refractivity contribution is -0.121. The van der Waals surface area contributed by atoms with E-state index >= 15 is 0 Å². The Morgan fingerprint density at radius 1 is 1.15 bits per heavy atom. The van der Waals surface area contributed by atoms with Crippen molar-refractivity contribution in [2.45, 2.75) is 32.9 Å².